The van der Waals surface area contributed by atoms with Gasteiger partial charge in [0.2, 0.25) is 5.91 Å². The van der Waals surface area contributed by atoms with E-state index in [0.29, 0.717) is 12.1 Å². The highest BCUT2D eigenvalue weighted by molar-refractivity contribution is 5.91. The molecular formula is C27H26F10N2O4. The van der Waals surface area contributed by atoms with Gasteiger partial charge in [0.1, 0.15) is 12.3 Å². The lowest BCUT2D eigenvalue weighted by atomic mass is 9.97. The van der Waals surface area contributed by atoms with E-state index in [4.69, 9.17) is 4.74 Å². The van der Waals surface area contributed by atoms with E-state index in [2.05, 4.69) is 4.74 Å². The maximum Gasteiger partial charge on any atom is 0.573 e. The van der Waals surface area contributed by atoms with Gasteiger partial charge in [0.25, 0.3) is 0 Å². The minimum atomic E-state index is -5.25. The minimum absolute atomic E-state index is 0.0143. The number of hydrogen-bond donors (Lipinski definition) is 0. The summed E-state index contributed by atoms with van der Waals surface area (Å²) in [5.41, 5.74) is -4.42. The molecule has 0 saturated carbocycles. The van der Waals surface area contributed by atoms with Gasteiger partial charge in [-0.2, -0.15) is 26.3 Å². The van der Waals surface area contributed by atoms with Crippen LogP contribution in [-0.4, -0.2) is 42.1 Å². The molecule has 3 unspecified atom stereocenters. The first-order chi connectivity index (χ1) is 19.7. The Balaban J connectivity index is 2.16. The van der Waals surface area contributed by atoms with Crippen molar-refractivity contribution < 1.29 is 63.0 Å². The van der Waals surface area contributed by atoms with Gasteiger partial charge in [0, 0.05) is 25.6 Å². The number of ether oxygens (including phenoxy) is 2. The SMILES string of the molecule is CC(=O)N(Cc1cc(C(F)(F)F)cc(C(F)(F)F)c1)C1CCCN(C(=O)OC(C)C(C)F)c2c(OC(F)(F)F)cccc21. The summed E-state index contributed by atoms with van der Waals surface area (Å²) < 4.78 is 144. The molecule has 3 rings (SSSR count). The lowest BCUT2D eigenvalue weighted by molar-refractivity contribution is -0.274. The van der Waals surface area contributed by atoms with E-state index in [1.165, 1.54) is 13.0 Å². The van der Waals surface area contributed by atoms with E-state index in [0.717, 1.165) is 35.8 Å². The van der Waals surface area contributed by atoms with Gasteiger partial charge in [-0.1, -0.05) is 12.1 Å². The van der Waals surface area contributed by atoms with Gasteiger partial charge in [0.15, 0.2) is 5.75 Å². The second kappa shape index (κ2) is 12.5. The Morgan fingerprint density at radius 2 is 1.56 bits per heavy atom. The van der Waals surface area contributed by atoms with Gasteiger partial charge >= 0.3 is 24.8 Å². The molecule has 2 amide bonds. The number of rotatable bonds is 6. The number of fused-ring (bicyclic) bond motifs is 1. The molecule has 0 N–H and O–H groups in total. The van der Waals surface area contributed by atoms with Gasteiger partial charge in [-0.3, -0.25) is 9.69 Å². The standard InChI is InChI=1S/C27H26F10N2O4/c1-14(28)15(2)42-24(41)38-9-5-7-21(20-6-4-8-22(23(20)38)43-27(35,36)37)39(16(3)40)13-17-10-18(25(29,30)31)12-19(11-17)26(32,33)34/h4,6,8,10-12,14-15,21H,5,7,9,13H2,1-3H3. The summed E-state index contributed by atoms with van der Waals surface area (Å²) in [7, 11) is 0. The van der Waals surface area contributed by atoms with Crippen molar-refractivity contribution >= 4 is 17.7 Å². The second-order valence-corrected chi connectivity index (χ2v) is 9.88. The van der Waals surface area contributed by atoms with Crippen molar-refractivity contribution in [1.29, 1.82) is 0 Å². The monoisotopic (exact) mass is 632 g/mol. The molecule has 6 nitrogen and oxygen atoms in total. The molecule has 3 atom stereocenters. The average Bonchev–Trinajstić information content (AvgIpc) is 3.05. The predicted octanol–water partition coefficient (Wildman–Crippen LogP) is 8.20. The largest absolute Gasteiger partial charge is 0.573 e. The van der Waals surface area contributed by atoms with Crippen LogP contribution < -0.4 is 9.64 Å². The number of carbonyl (C=O) groups excluding carboxylic acids is 2. The molecule has 16 heteroatoms. The number of amides is 2. The van der Waals surface area contributed by atoms with Gasteiger partial charge < -0.3 is 14.4 Å². The van der Waals surface area contributed by atoms with Crippen LogP contribution in [0.2, 0.25) is 0 Å². The molecule has 43 heavy (non-hydrogen) atoms. The number of halogens is 10. The molecule has 1 heterocycles. The number of anilines is 1. The summed E-state index contributed by atoms with van der Waals surface area (Å²) in [5, 5.41) is 0. The van der Waals surface area contributed by atoms with E-state index >= 15 is 0 Å². The Morgan fingerprint density at radius 3 is 2.05 bits per heavy atom. The van der Waals surface area contributed by atoms with Crippen LogP contribution in [0.5, 0.6) is 5.75 Å². The summed E-state index contributed by atoms with van der Waals surface area (Å²) in [6, 6.07) is 2.79. The van der Waals surface area contributed by atoms with Crippen LogP contribution in [0.1, 0.15) is 61.9 Å². The van der Waals surface area contributed by atoms with Crippen LogP contribution >= 0.6 is 0 Å². The number of benzene rings is 2. The lowest BCUT2D eigenvalue weighted by Crippen LogP contribution is -2.37. The van der Waals surface area contributed by atoms with Crippen molar-refractivity contribution in [3.8, 4) is 5.75 Å². The van der Waals surface area contributed by atoms with Crippen LogP contribution in [0, 0.1) is 0 Å². The Morgan fingerprint density at radius 1 is 0.977 bits per heavy atom. The maximum absolute atomic E-state index is 13.7. The third-order valence-corrected chi connectivity index (χ3v) is 6.68. The molecule has 238 valence electrons. The maximum atomic E-state index is 13.7. The van der Waals surface area contributed by atoms with Crippen molar-refractivity contribution in [2.45, 2.75) is 77.2 Å². The molecule has 0 saturated heterocycles. The van der Waals surface area contributed by atoms with Crippen LogP contribution in [0.4, 0.5) is 54.4 Å². The van der Waals surface area contributed by atoms with Gasteiger partial charge in [0.05, 0.1) is 22.9 Å². The van der Waals surface area contributed by atoms with Crippen molar-refractivity contribution in [2.75, 3.05) is 11.4 Å². The lowest BCUT2D eigenvalue weighted by Gasteiger charge is -2.33. The first-order valence-corrected chi connectivity index (χ1v) is 12.8. The molecule has 1 aliphatic heterocycles. The van der Waals surface area contributed by atoms with E-state index in [1.54, 1.807) is 0 Å². The molecular weight excluding hydrogens is 606 g/mol. The molecule has 0 aliphatic carbocycles. The van der Waals surface area contributed by atoms with E-state index < -0.39 is 83.7 Å². The summed E-state index contributed by atoms with van der Waals surface area (Å²) >= 11 is 0. The van der Waals surface area contributed by atoms with Crippen LogP contribution in [0.3, 0.4) is 0 Å². The molecule has 0 spiro atoms. The van der Waals surface area contributed by atoms with Crippen molar-refractivity contribution in [3.63, 3.8) is 0 Å². The Kier molecular flexibility index (Phi) is 9.81. The van der Waals surface area contributed by atoms with Crippen molar-refractivity contribution in [3.05, 3.63) is 58.7 Å². The summed E-state index contributed by atoms with van der Waals surface area (Å²) in [6.07, 6.45) is -19.9. The van der Waals surface area contributed by atoms with E-state index in [9.17, 15) is 53.5 Å². The average molecular weight is 632 g/mol. The first-order valence-electron chi connectivity index (χ1n) is 12.8. The molecule has 0 aromatic heterocycles. The molecule has 2 aromatic rings. The number of nitrogens with zero attached hydrogens (tertiary/aromatic N) is 2. The Labute approximate surface area is 239 Å². The van der Waals surface area contributed by atoms with Gasteiger partial charge in [-0.05, 0) is 56.5 Å². The Bertz CT molecular complexity index is 1290. The second-order valence-electron chi connectivity index (χ2n) is 9.88. The van der Waals surface area contributed by atoms with Gasteiger partial charge in [-0.15, -0.1) is 13.2 Å². The van der Waals surface area contributed by atoms with E-state index in [1.807, 2.05) is 0 Å². The fourth-order valence-electron chi connectivity index (χ4n) is 4.59. The first kappa shape index (κ1) is 33.8. The molecule has 1 aliphatic rings. The zero-order valence-corrected chi connectivity index (χ0v) is 22.8. The highest BCUT2D eigenvalue weighted by Gasteiger charge is 2.40. The zero-order valence-electron chi connectivity index (χ0n) is 22.8. The topological polar surface area (TPSA) is 59.1 Å². The number of para-hydroxylation sites is 1. The van der Waals surface area contributed by atoms with E-state index in [-0.39, 0.29) is 31.0 Å². The number of hydrogen-bond acceptors (Lipinski definition) is 4. The summed E-state index contributed by atoms with van der Waals surface area (Å²) in [6.45, 7) is 2.18. The molecule has 0 bridgehead atoms. The predicted molar refractivity (Wildman–Crippen MR) is 132 cm³/mol. The third-order valence-electron chi connectivity index (χ3n) is 6.68. The fraction of sp³-hybridized carbons (Fsp3) is 0.481. The minimum Gasteiger partial charge on any atom is -0.443 e. The number of alkyl halides is 10. The van der Waals surface area contributed by atoms with Crippen LogP contribution in [0.25, 0.3) is 0 Å². The highest BCUT2D eigenvalue weighted by atomic mass is 19.4. The summed E-state index contributed by atoms with van der Waals surface area (Å²) in [4.78, 5) is 27.5. The molecule has 2 aromatic carbocycles. The van der Waals surface area contributed by atoms with Crippen molar-refractivity contribution in [2.24, 2.45) is 0 Å². The zero-order chi connectivity index (χ0) is 32.5. The van der Waals surface area contributed by atoms with Crippen LogP contribution in [-0.2, 0) is 28.4 Å². The van der Waals surface area contributed by atoms with Crippen molar-refractivity contribution in [1.82, 2.24) is 4.90 Å². The highest BCUT2D eigenvalue weighted by Crippen LogP contribution is 2.45. The fourth-order valence-corrected chi connectivity index (χ4v) is 4.59. The normalized spacial score (nSPS) is 17.4. The van der Waals surface area contributed by atoms with Gasteiger partial charge in [-0.25, -0.2) is 9.18 Å². The molecule has 0 fully saturated rings. The number of carbonyl (C=O) groups is 2. The smallest absolute Gasteiger partial charge is 0.443 e. The third kappa shape index (κ3) is 8.44. The molecule has 0 radical (unpaired) electrons. The summed E-state index contributed by atoms with van der Waals surface area (Å²) in [5.74, 6) is -1.73. The quantitative estimate of drug-likeness (QED) is 0.302. The Hall–Kier alpha value is -3.72. The van der Waals surface area contributed by atoms with Crippen LogP contribution in [0.15, 0.2) is 36.4 Å².